The van der Waals surface area contributed by atoms with Crippen molar-refractivity contribution in [1.29, 1.82) is 0 Å². The van der Waals surface area contributed by atoms with Crippen LogP contribution in [-0.4, -0.2) is 9.97 Å². The molecule has 88 valence electrons. The van der Waals surface area contributed by atoms with Gasteiger partial charge in [-0.1, -0.05) is 30.3 Å². The molecular weight excluding hydrogens is 244 g/mol. The number of hydrogen-bond donors (Lipinski definition) is 0. The Kier molecular flexibility index (Phi) is 3.02. The summed E-state index contributed by atoms with van der Waals surface area (Å²) >= 11 is 1.71. The predicted molar refractivity (Wildman–Crippen MR) is 73.6 cm³/mol. The van der Waals surface area contributed by atoms with Crippen LogP contribution in [0.1, 0.15) is 0 Å². The van der Waals surface area contributed by atoms with Gasteiger partial charge in [-0.15, -0.1) is 11.3 Å². The van der Waals surface area contributed by atoms with Crippen LogP contribution in [0.2, 0.25) is 0 Å². The van der Waals surface area contributed by atoms with Gasteiger partial charge >= 0.3 is 0 Å². The van der Waals surface area contributed by atoms with Crippen molar-refractivity contribution in [2.45, 2.75) is 0 Å². The topological polar surface area (TPSA) is 38.9 Å². The fourth-order valence-electron chi connectivity index (χ4n) is 1.77. The Morgan fingerprint density at radius 2 is 2.00 bits per heavy atom. The summed E-state index contributed by atoms with van der Waals surface area (Å²) in [7, 11) is 0. The van der Waals surface area contributed by atoms with Gasteiger partial charge in [0.25, 0.3) is 0 Å². The molecule has 0 aliphatic rings. The summed E-state index contributed by atoms with van der Waals surface area (Å²) in [5.41, 5.74) is 3.00. The lowest BCUT2D eigenvalue weighted by Gasteiger charge is -1.96. The molecule has 0 aliphatic carbocycles. The van der Waals surface area contributed by atoms with Crippen LogP contribution in [0, 0.1) is 0 Å². The van der Waals surface area contributed by atoms with Crippen LogP contribution in [0.3, 0.4) is 0 Å². The fourth-order valence-corrected chi connectivity index (χ4v) is 2.59. The molecule has 2 aromatic carbocycles. The van der Waals surface area contributed by atoms with E-state index in [1.807, 2.05) is 5.51 Å². The van der Waals surface area contributed by atoms with Gasteiger partial charge in [0, 0.05) is 5.39 Å². The van der Waals surface area contributed by atoms with Gasteiger partial charge in [0.05, 0.1) is 21.9 Å². The number of thiazole rings is 1. The van der Waals surface area contributed by atoms with Crippen molar-refractivity contribution in [3.63, 3.8) is 0 Å². The average molecular weight is 254 g/mol. The van der Waals surface area contributed by atoms with Gasteiger partial charge in [-0.3, -0.25) is 0 Å². The molecule has 4 heteroatoms. The Morgan fingerprint density at radius 3 is 2.78 bits per heavy atom. The number of oxazole rings is 1. The predicted octanol–water partition coefficient (Wildman–Crippen LogP) is 4.12. The van der Waals surface area contributed by atoms with Crippen molar-refractivity contribution in [2.24, 2.45) is 0 Å². The Morgan fingerprint density at radius 1 is 1.06 bits per heavy atom. The number of rotatable bonds is 0. The first-order valence-corrected chi connectivity index (χ1v) is 6.36. The van der Waals surface area contributed by atoms with Crippen molar-refractivity contribution in [2.75, 3.05) is 0 Å². The molecular formula is C14H10N2OS. The lowest BCUT2D eigenvalue weighted by molar-refractivity contribution is 0.558. The Hall–Kier alpha value is -2.20. The largest absolute Gasteiger partial charge is 0.452 e. The third-order valence-corrected chi connectivity index (χ3v) is 3.44. The first-order valence-electron chi connectivity index (χ1n) is 5.48. The summed E-state index contributed by atoms with van der Waals surface area (Å²) in [5, 5.41) is 2.60. The molecule has 2 aromatic heterocycles. The number of benzene rings is 2. The Bertz CT molecular complexity index is 729. The van der Waals surface area contributed by atoms with Gasteiger partial charge in [-0.2, -0.15) is 0 Å². The Balaban J connectivity index is 0.000000169. The maximum atomic E-state index is 4.47. The van der Waals surface area contributed by atoms with Crippen LogP contribution in [0.25, 0.3) is 21.0 Å². The van der Waals surface area contributed by atoms with Gasteiger partial charge in [0.1, 0.15) is 6.26 Å². The average Bonchev–Trinajstić information content (AvgIpc) is 3.12. The highest BCUT2D eigenvalue weighted by molar-refractivity contribution is 7.17. The van der Waals surface area contributed by atoms with E-state index in [-0.39, 0.29) is 0 Å². The monoisotopic (exact) mass is 254 g/mol. The summed E-state index contributed by atoms with van der Waals surface area (Å²) in [6.07, 6.45) is 4.47. The van der Waals surface area contributed by atoms with E-state index in [9.17, 15) is 0 Å². The number of hydrogen-bond acceptors (Lipinski definition) is 4. The summed E-state index contributed by atoms with van der Waals surface area (Å²) in [5.74, 6) is 0. The maximum absolute atomic E-state index is 4.47. The van der Waals surface area contributed by atoms with Gasteiger partial charge < -0.3 is 4.42 Å². The lowest BCUT2D eigenvalue weighted by atomic mass is 10.1. The minimum Gasteiger partial charge on any atom is -0.452 e. The molecule has 0 aliphatic heterocycles. The molecule has 3 nitrogen and oxygen atoms in total. The lowest BCUT2D eigenvalue weighted by Crippen LogP contribution is -1.72. The third kappa shape index (κ3) is 2.10. The van der Waals surface area contributed by atoms with E-state index >= 15 is 0 Å². The van der Waals surface area contributed by atoms with E-state index in [1.165, 1.54) is 28.1 Å². The van der Waals surface area contributed by atoms with Gasteiger partial charge in [-0.25, -0.2) is 9.97 Å². The SMILES string of the molecule is c1ccc2c(c1)ccc1ncsc12.c1cocn1. The van der Waals surface area contributed by atoms with Gasteiger partial charge in [-0.05, 0) is 11.5 Å². The van der Waals surface area contributed by atoms with Crippen LogP contribution in [0.15, 0.2) is 65.2 Å². The highest BCUT2D eigenvalue weighted by atomic mass is 32.1. The van der Waals surface area contributed by atoms with Crippen LogP contribution >= 0.6 is 11.3 Å². The van der Waals surface area contributed by atoms with E-state index in [0.29, 0.717) is 0 Å². The zero-order valence-electron chi connectivity index (χ0n) is 9.48. The summed E-state index contributed by atoms with van der Waals surface area (Å²) in [6, 6.07) is 12.6. The van der Waals surface area contributed by atoms with E-state index in [2.05, 4.69) is 50.8 Å². The molecule has 4 aromatic rings. The summed E-state index contributed by atoms with van der Waals surface area (Å²) < 4.78 is 5.76. The molecule has 0 radical (unpaired) electrons. The van der Waals surface area contributed by atoms with Crippen LogP contribution in [-0.2, 0) is 0 Å². The van der Waals surface area contributed by atoms with Crippen molar-refractivity contribution >= 4 is 32.3 Å². The van der Waals surface area contributed by atoms with Gasteiger partial charge in [0.15, 0.2) is 6.39 Å². The molecule has 0 amide bonds. The highest BCUT2D eigenvalue weighted by Crippen LogP contribution is 2.27. The standard InChI is InChI=1S/C11H7NS.C3H3NO/c1-2-4-9-8(3-1)5-6-10-11(9)13-7-12-10;1-2-5-3-4-1/h1-7H;1-3H. The maximum Gasteiger partial charge on any atom is 0.180 e. The quantitative estimate of drug-likeness (QED) is 0.473. The molecule has 0 atom stereocenters. The van der Waals surface area contributed by atoms with Crippen LogP contribution in [0.4, 0.5) is 0 Å². The smallest absolute Gasteiger partial charge is 0.180 e. The van der Waals surface area contributed by atoms with E-state index in [0.717, 1.165) is 5.52 Å². The molecule has 0 saturated heterocycles. The zero-order valence-corrected chi connectivity index (χ0v) is 10.3. The van der Waals surface area contributed by atoms with Crippen molar-refractivity contribution in [3.05, 3.63) is 60.8 Å². The number of nitrogens with zero attached hydrogens (tertiary/aromatic N) is 2. The van der Waals surface area contributed by atoms with E-state index in [4.69, 9.17) is 0 Å². The van der Waals surface area contributed by atoms with Crippen LogP contribution in [0.5, 0.6) is 0 Å². The van der Waals surface area contributed by atoms with Crippen molar-refractivity contribution in [3.8, 4) is 0 Å². The van der Waals surface area contributed by atoms with Crippen LogP contribution < -0.4 is 0 Å². The molecule has 0 spiro atoms. The third-order valence-electron chi connectivity index (χ3n) is 2.57. The zero-order chi connectivity index (χ0) is 12.2. The van der Waals surface area contributed by atoms with E-state index < -0.39 is 0 Å². The second-order valence-corrected chi connectivity index (χ2v) is 4.52. The summed E-state index contributed by atoms with van der Waals surface area (Å²) in [4.78, 5) is 7.84. The molecule has 0 fully saturated rings. The molecule has 0 N–H and O–H groups in total. The molecule has 0 bridgehead atoms. The minimum absolute atomic E-state index is 1.10. The van der Waals surface area contributed by atoms with Crippen molar-refractivity contribution < 1.29 is 4.42 Å². The molecule has 2 heterocycles. The number of aromatic nitrogens is 2. The van der Waals surface area contributed by atoms with Gasteiger partial charge in [0.2, 0.25) is 0 Å². The highest BCUT2D eigenvalue weighted by Gasteiger charge is 2.00. The number of fused-ring (bicyclic) bond motifs is 3. The second kappa shape index (κ2) is 4.98. The fraction of sp³-hybridized carbons (Fsp3) is 0. The first-order chi connectivity index (χ1) is 8.95. The molecule has 18 heavy (non-hydrogen) atoms. The first kappa shape index (κ1) is 10.9. The molecule has 0 unspecified atom stereocenters. The minimum atomic E-state index is 1.10. The Labute approximate surface area is 108 Å². The summed E-state index contributed by atoms with van der Waals surface area (Å²) in [6.45, 7) is 0. The molecule has 4 rings (SSSR count). The molecule has 0 saturated carbocycles. The van der Waals surface area contributed by atoms with E-state index in [1.54, 1.807) is 17.5 Å². The second-order valence-electron chi connectivity index (χ2n) is 3.66. The van der Waals surface area contributed by atoms with Crippen molar-refractivity contribution in [1.82, 2.24) is 9.97 Å². The normalized spacial score (nSPS) is 10.2.